The van der Waals surface area contributed by atoms with E-state index < -0.39 is 6.10 Å². The van der Waals surface area contributed by atoms with E-state index in [0.717, 1.165) is 10.2 Å². The van der Waals surface area contributed by atoms with E-state index in [1.807, 2.05) is 24.3 Å². The van der Waals surface area contributed by atoms with Gasteiger partial charge < -0.3 is 15.2 Å². The van der Waals surface area contributed by atoms with Crippen LogP contribution in [0.2, 0.25) is 0 Å². The van der Waals surface area contributed by atoms with Gasteiger partial charge in [0.05, 0.1) is 0 Å². The van der Waals surface area contributed by atoms with Crippen molar-refractivity contribution in [1.29, 1.82) is 0 Å². The highest BCUT2D eigenvalue weighted by Gasteiger charge is 2.10. The van der Waals surface area contributed by atoms with Gasteiger partial charge in [-0.05, 0) is 31.0 Å². The molecule has 0 aromatic heterocycles. The lowest BCUT2D eigenvalue weighted by Crippen LogP contribution is -2.38. The molecule has 2 atom stereocenters. The number of hydrogen-bond acceptors (Lipinski definition) is 3. The third-order valence-corrected chi connectivity index (χ3v) is 3.92. The van der Waals surface area contributed by atoms with Crippen molar-refractivity contribution in [2.75, 3.05) is 13.2 Å². The largest absolute Gasteiger partial charge is 0.491 e. The predicted octanol–water partition coefficient (Wildman–Crippen LogP) is 4.14. The third kappa shape index (κ3) is 8.44. The van der Waals surface area contributed by atoms with Crippen molar-refractivity contribution < 1.29 is 9.84 Å². The second kappa shape index (κ2) is 11.0. The van der Waals surface area contributed by atoms with Crippen LogP contribution < -0.4 is 10.1 Å². The summed E-state index contributed by atoms with van der Waals surface area (Å²) in [7, 11) is 0. The molecule has 0 aliphatic heterocycles. The standard InChI is InChI=1S/C17H28BrNO2/c1-3-5-9-15(7-4-2)19-12-16(20)13-21-17-10-6-8-14(18)11-17/h6,8,10-11,15-16,19-20H,3-5,7,9,12-13H2,1-2H3. The molecule has 0 saturated carbocycles. The van der Waals surface area contributed by atoms with E-state index in [9.17, 15) is 5.11 Å². The summed E-state index contributed by atoms with van der Waals surface area (Å²) < 4.78 is 6.58. The normalized spacial score (nSPS) is 13.9. The predicted molar refractivity (Wildman–Crippen MR) is 91.9 cm³/mol. The molecule has 2 N–H and O–H groups in total. The summed E-state index contributed by atoms with van der Waals surface area (Å²) in [5.41, 5.74) is 0. The van der Waals surface area contributed by atoms with E-state index in [0.29, 0.717) is 19.2 Å². The molecule has 1 aromatic carbocycles. The Bertz CT molecular complexity index is 387. The Morgan fingerprint density at radius 1 is 1.24 bits per heavy atom. The van der Waals surface area contributed by atoms with Crippen LogP contribution in [0.5, 0.6) is 5.75 Å². The molecule has 1 rings (SSSR count). The minimum absolute atomic E-state index is 0.316. The number of ether oxygens (including phenoxy) is 1. The van der Waals surface area contributed by atoms with E-state index >= 15 is 0 Å². The maximum absolute atomic E-state index is 10.0. The lowest BCUT2D eigenvalue weighted by molar-refractivity contribution is 0.102. The van der Waals surface area contributed by atoms with Crippen LogP contribution in [-0.4, -0.2) is 30.4 Å². The highest BCUT2D eigenvalue weighted by Crippen LogP contribution is 2.17. The highest BCUT2D eigenvalue weighted by molar-refractivity contribution is 9.10. The zero-order valence-electron chi connectivity index (χ0n) is 13.1. The molecule has 3 nitrogen and oxygen atoms in total. The molecule has 0 fully saturated rings. The third-order valence-electron chi connectivity index (χ3n) is 3.42. The van der Waals surface area contributed by atoms with Crippen molar-refractivity contribution in [3.63, 3.8) is 0 Å². The first-order chi connectivity index (χ1) is 10.2. The number of nitrogens with one attached hydrogen (secondary N) is 1. The van der Waals surface area contributed by atoms with Gasteiger partial charge in [-0.2, -0.15) is 0 Å². The Labute approximate surface area is 137 Å². The number of rotatable bonds is 11. The van der Waals surface area contributed by atoms with E-state index in [1.165, 1.54) is 32.1 Å². The van der Waals surface area contributed by atoms with E-state index in [1.54, 1.807) is 0 Å². The summed E-state index contributed by atoms with van der Waals surface area (Å²) in [5.74, 6) is 0.777. The zero-order valence-corrected chi connectivity index (χ0v) is 14.7. The van der Waals surface area contributed by atoms with Crippen LogP contribution in [0.15, 0.2) is 28.7 Å². The first-order valence-electron chi connectivity index (χ1n) is 7.95. The molecule has 0 bridgehead atoms. The van der Waals surface area contributed by atoms with Crippen LogP contribution in [0.1, 0.15) is 46.0 Å². The smallest absolute Gasteiger partial charge is 0.120 e. The van der Waals surface area contributed by atoms with Crippen molar-refractivity contribution in [1.82, 2.24) is 5.32 Å². The van der Waals surface area contributed by atoms with Crippen LogP contribution in [0.4, 0.5) is 0 Å². The van der Waals surface area contributed by atoms with Gasteiger partial charge in [0.25, 0.3) is 0 Å². The van der Waals surface area contributed by atoms with Gasteiger partial charge in [-0.3, -0.25) is 0 Å². The molecule has 4 heteroatoms. The number of aliphatic hydroxyl groups excluding tert-OH is 1. The summed E-state index contributed by atoms with van der Waals surface area (Å²) in [6.07, 6.45) is 5.50. The molecule has 0 heterocycles. The molecule has 0 spiro atoms. The first-order valence-corrected chi connectivity index (χ1v) is 8.74. The molecule has 1 aromatic rings. The number of halogens is 1. The van der Waals surface area contributed by atoms with E-state index in [4.69, 9.17) is 4.74 Å². The summed E-state index contributed by atoms with van der Waals surface area (Å²) in [6.45, 7) is 5.32. The van der Waals surface area contributed by atoms with Crippen LogP contribution >= 0.6 is 15.9 Å². The van der Waals surface area contributed by atoms with Crippen LogP contribution in [0, 0.1) is 0 Å². The Balaban J connectivity index is 2.26. The molecular formula is C17H28BrNO2. The first kappa shape index (κ1) is 18.5. The average molecular weight is 358 g/mol. The highest BCUT2D eigenvalue weighted by atomic mass is 79.9. The van der Waals surface area contributed by atoms with Crippen molar-refractivity contribution >= 4 is 15.9 Å². The van der Waals surface area contributed by atoms with Gasteiger partial charge in [0, 0.05) is 17.1 Å². The van der Waals surface area contributed by atoms with Crippen LogP contribution in [0.25, 0.3) is 0 Å². The van der Waals surface area contributed by atoms with Crippen molar-refractivity contribution in [2.24, 2.45) is 0 Å². The fourth-order valence-corrected chi connectivity index (χ4v) is 2.64. The van der Waals surface area contributed by atoms with Gasteiger partial charge in [-0.25, -0.2) is 0 Å². The monoisotopic (exact) mass is 357 g/mol. The van der Waals surface area contributed by atoms with Gasteiger partial charge in [0.1, 0.15) is 18.5 Å². The SMILES string of the molecule is CCCCC(CCC)NCC(O)COc1cccc(Br)c1. The molecule has 0 saturated heterocycles. The quantitative estimate of drug-likeness (QED) is 0.625. The van der Waals surface area contributed by atoms with Gasteiger partial charge in [0.15, 0.2) is 0 Å². The molecule has 21 heavy (non-hydrogen) atoms. The van der Waals surface area contributed by atoms with Gasteiger partial charge in [-0.15, -0.1) is 0 Å². The fourth-order valence-electron chi connectivity index (χ4n) is 2.26. The summed E-state index contributed by atoms with van der Waals surface area (Å²) in [4.78, 5) is 0. The summed E-state index contributed by atoms with van der Waals surface area (Å²) >= 11 is 3.41. The van der Waals surface area contributed by atoms with Gasteiger partial charge in [0.2, 0.25) is 0 Å². The Morgan fingerprint density at radius 3 is 2.71 bits per heavy atom. The molecule has 120 valence electrons. The fraction of sp³-hybridized carbons (Fsp3) is 0.647. The Morgan fingerprint density at radius 2 is 2.05 bits per heavy atom. The maximum atomic E-state index is 10.0. The van der Waals surface area contributed by atoms with Crippen molar-refractivity contribution in [2.45, 2.75) is 58.1 Å². The number of benzene rings is 1. The molecule has 0 amide bonds. The minimum atomic E-state index is -0.482. The maximum Gasteiger partial charge on any atom is 0.120 e. The van der Waals surface area contributed by atoms with E-state index in [-0.39, 0.29) is 0 Å². The average Bonchev–Trinajstić information content (AvgIpc) is 2.48. The minimum Gasteiger partial charge on any atom is -0.491 e. The van der Waals surface area contributed by atoms with Crippen molar-refractivity contribution in [3.8, 4) is 5.75 Å². The molecule has 0 aliphatic rings. The van der Waals surface area contributed by atoms with E-state index in [2.05, 4.69) is 35.1 Å². The number of hydrogen-bond donors (Lipinski definition) is 2. The topological polar surface area (TPSA) is 41.5 Å². The van der Waals surface area contributed by atoms with Gasteiger partial charge >= 0.3 is 0 Å². The van der Waals surface area contributed by atoms with Crippen LogP contribution in [-0.2, 0) is 0 Å². The Hall–Kier alpha value is -0.580. The van der Waals surface area contributed by atoms with Crippen LogP contribution in [0.3, 0.4) is 0 Å². The number of aliphatic hydroxyl groups is 1. The summed E-state index contributed by atoms with van der Waals surface area (Å²) in [6, 6.07) is 8.18. The Kier molecular flexibility index (Phi) is 9.72. The molecule has 0 radical (unpaired) electrons. The lowest BCUT2D eigenvalue weighted by Gasteiger charge is -2.20. The second-order valence-corrected chi connectivity index (χ2v) is 6.37. The molecule has 0 aliphatic carbocycles. The van der Waals surface area contributed by atoms with Gasteiger partial charge in [-0.1, -0.05) is 55.1 Å². The second-order valence-electron chi connectivity index (χ2n) is 5.46. The van der Waals surface area contributed by atoms with Crippen molar-refractivity contribution in [3.05, 3.63) is 28.7 Å². The number of unbranched alkanes of at least 4 members (excludes halogenated alkanes) is 1. The molecular weight excluding hydrogens is 330 g/mol. The molecule has 2 unspecified atom stereocenters. The zero-order chi connectivity index (χ0) is 15.5. The summed E-state index contributed by atoms with van der Waals surface area (Å²) in [5, 5.41) is 13.5. The lowest BCUT2D eigenvalue weighted by atomic mass is 10.1.